The van der Waals surface area contributed by atoms with Crippen molar-refractivity contribution in [1.29, 1.82) is 0 Å². The van der Waals surface area contributed by atoms with E-state index in [4.69, 9.17) is 0 Å². The molecule has 1 aromatic rings. The van der Waals surface area contributed by atoms with Crippen LogP contribution in [0.1, 0.15) is 30.9 Å². The third kappa shape index (κ3) is 2.86. The van der Waals surface area contributed by atoms with Crippen LogP contribution in [0.25, 0.3) is 0 Å². The summed E-state index contributed by atoms with van der Waals surface area (Å²) in [6.07, 6.45) is 3.58. The molecular weight excluding hydrogens is 236 g/mol. The van der Waals surface area contributed by atoms with Gasteiger partial charge in [-0.1, -0.05) is 18.6 Å². The first-order chi connectivity index (χ1) is 8.13. The normalized spacial score (nSPS) is 21.4. The number of sulfonamides is 1. The van der Waals surface area contributed by atoms with Gasteiger partial charge in [0.15, 0.2) is 0 Å². The van der Waals surface area contributed by atoms with Crippen molar-refractivity contribution in [2.24, 2.45) is 0 Å². The lowest BCUT2D eigenvalue weighted by Gasteiger charge is -2.23. The van der Waals surface area contributed by atoms with E-state index in [-0.39, 0.29) is 0 Å². The molecule has 1 heterocycles. The fourth-order valence-electron chi connectivity index (χ4n) is 2.13. The zero-order chi connectivity index (χ0) is 12.3. The third-order valence-corrected chi connectivity index (χ3v) is 4.60. The fraction of sp³-hybridized carbons (Fsp3) is 0.500. The minimum Gasteiger partial charge on any atom is -0.310 e. The van der Waals surface area contributed by atoms with Crippen LogP contribution in [0.2, 0.25) is 0 Å². The standard InChI is InChI=1S/C12H18N2O2S/c1-13-17(15,16)11-7-5-10(6-8-11)12-4-2-3-9-14-12/h5-8,12-14H,2-4,9H2,1H3. The summed E-state index contributed by atoms with van der Waals surface area (Å²) in [4.78, 5) is 0.319. The van der Waals surface area contributed by atoms with Gasteiger partial charge in [0.1, 0.15) is 0 Å². The minimum absolute atomic E-state index is 0.319. The SMILES string of the molecule is CNS(=O)(=O)c1ccc(C2CCCCN2)cc1. The predicted molar refractivity (Wildman–Crippen MR) is 67.3 cm³/mol. The van der Waals surface area contributed by atoms with Gasteiger partial charge in [-0.05, 0) is 44.1 Å². The summed E-state index contributed by atoms with van der Waals surface area (Å²) in [5, 5.41) is 3.44. The quantitative estimate of drug-likeness (QED) is 0.857. The van der Waals surface area contributed by atoms with Crippen LogP contribution in [0.5, 0.6) is 0 Å². The molecule has 2 rings (SSSR count). The topological polar surface area (TPSA) is 58.2 Å². The Kier molecular flexibility index (Phi) is 3.81. The van der Waals surface area contributed by atoms with E-state index in [2.05, 4.69) is 10.0 Å². The number of piperidine rings is 1. The highest BCUT2D eigenvalue weighted by atomic mass is 32.2. The molecule has 0 saturated carbocycles. The number of hydrogen-bond acceptors (Lipinski definition) is 3. The summed E-state index contributed by atoms with van der Waals surface area (Å²) in [5.74, 6) is 0. The van der Waals surface area contributed by atoms with E-state index in [1.807, 2.05) is 12.1 Å². The van der Waals surface area contributed by atoms with Crippen LogP contribution in [-0.2, 0) is 10.0 Å². The van der Waals surface area contributed by atoms with Crippen molar-refractivity contribution in [3.05, 3.63) is 29.8 Å². The molecule has 4 nitrogen and oxygen atoms in total. The number of nitrogens with one attached hydrogen (secondary N) is 2. The summed E-state index contributed by atoms with van der Waals surface area (Å²) in [5.41, 5.74) is 1.17. The van der Waals surface area contributed by atoms with Gasteiger partial charge in [-0.25, -0.2) is 13.1 Å². The first kappa shape index (κ1) is 12.5. The fourth-order valence-corrected chi connectivity index (χ4v) is 2.86. The summed E-state index contributed by atoms with van der Waals surface area (Å²) < 4.78 is 25.4. The van der Waals surface area contributed by atoms with Crippen molar-refractivity contribution in [1.82, 2.24) is 10.0 Å². The van der Waals surface area contributed by atoms with Crippen molar-refractivity contribution in [3.63, 3.8) is 0 Å². The smallest absolute Gasteiger partial charge is 0.240 e. The zero-order valence-corrected chi connectivity index (χ0v) is 10.8. The highest BCUT2D eigenvalue weighted by Crippen LogP contribution is 2.23. The van der Waals surface area contributed by atoms with Crippen molar-refractivity contribution >= 4 is 10.0 Å². The number of hydrogen-bond donors (Lipinski definition) is 2. The van der Waals surface area contributed by atoms with Crippen molar-refractivity contribution in [3.8, 4) is 0 Å². The van der Waals surface area contributed by atoms with E-state index in [0.717, 1.165) is 13.0 Å². The molecule has 2 N–H and O–H groups in total. The van der Waals surface area contributed by atoms with Gasteiger partial charge in [-0.15, -0.1) is 0 Å². The lowest BCUT2D eigenvalue weighted by molar-refractivity contribution is 0.412. The second kappa shape index (κ2) is 5.16. The van der Waals surface area contributed by atoms with Gasteiger partial charge >= 0.3 is 0 Å². The van der Waals surface area contributed by atoms with E-state index < -0.39 is 10.0 Å². The van der Waals surface area contributed by atoms with E-state index in [1.165, 1.54) is 25.5 Å². The van der Waals surface area contributed by atoms with E-state index in [0.29, 0.717) is 10.9 Å². The summed E-state index contributed by atoms with van der Waals surface area (Å²) in [6, 6.07) is 7.49. The molecule has 5 heteroatoms. The van der Waals surface area contributed by atoms with E-state index in [9.17, 15) is 8.42 Å². The number of rotatable bonds is 3. The van der Waals surface area contributed by atoms with Crippen LogP contribution in [-0.4, -0.2) is 22.0 Å². The van der Waals surface area contributed by atoms with Crippen LogP contribution in [0, 0.1) is 0 Å². The predicted octanol–water partition coefficient (Wildman–Crippen LogP) is 1.41. The minimum atomic E-state index is -3.32. The molecule has 1 atom stereocenters. The summed E-state index contributed by atoms with van der Waals surface area (Å²) >= 11 is 0. The molecule has 1 aliphatic heterocycles. The first-order valence-electron chi connectivity index (χ1n) is 5.90. The Balaban J connectivity index is 2.18. The van der Waals surface area contributed by atoms with Crippen LogP contribution in [0.4, 0.5) is 0 Å². The van der Waals surface area contributed by atoms with Gasteiger partial charge in [0.25, 0.3) is 0 Å². The molecule has 1 aliphatic rings. The Hall–Kier alpha value is -0.910. The van der Waals surface area contributed by atoms with Gasteiger partial charge in [0.05, 0.1) is 4.90 Å². The molecule has 1 unspecified atom stereocenters. The summed E-state index contributed by atoms with van der Waals surface area (Å²) in [6.45, 7) is 1.04. The molecule has 1 aromatic carbocycles. The number of benzene rings is 1. The molecule has 94 valence electrons. The maximum Gasteiger partial charge on any atom is 0.240 e. The Bertz CT molecular complexity index is 462. The highest BCUT2D eigenvalue weighted by molar-refractivity contribution is 7.89. The molecule has 17 heavy (non-hydrogen) atoms. The Morgan fingerprint density at radius 2 is 1.94 bits per heavy atom. The average Bonchev–Trinajstić information content (AvgIpc) is 2.40. The van der Waals surface area contributed by atoms with Crippen LogP contribution >= 0.6 is 0 Å². The van der Waals surface area contributed by atoms with Gasteiger partial charge in [-0.3, -0.25) is 0 Å². The van der Waals surface area contributed by atoms with Crippen LogP contribution in [0.3, 0.4) is 0 Å². The second-order valence-electron chi connectivity index (χ2n) is 4.28. The Morgan fingerprint density at radius 1 is 1.24 bits per heavy atom. The lowest BCUT2D eigenvalue weighted by atomic mass is 9.98. The molecule has 0 amide bonds. The van der Waals surface area contributed by atoms with Crippen LogP contribution in [0.15, 0.2) is 29.2 Å². The molecule has 1 saturated heterocycles. The largest absolute Gasteiger partial charge is 0.310 e. The maximum atomic E-state index is 11.6. The first-order valence-corrected chi connectivity index (χ1v) is 7.39. The van der Waals surface area contributed by atoms with Crippen molar-refractivity contribution in [2.75, 3.05) is 13.6 Å². The van der Waals surface area contributed by atoms with Crippen molar-refractivity contribution in [2.45, 2.75) is 30.2 Å². The van der Waals surface area contributed by atoms with E-state index >= 15 is 0 Å². The molecule has 0 bridgehead atoms. The molecule has 0 spiro atoms. The van der Waals surface area contributed by atoms with Crippen molar-refractivity contribution < 1.29 is 8.42 Å². The van der Waals surface area contributed by atoms with Crippen LogP contribution < -0.4 is 10.0 Å². The monoisotopic (exact) mass is 254 g/mol. The van der Waals surface area contributed by atoms with Gasteiger partial charge < -0.3 is 5.32 Å². The molecule has 1 fully saturated rings. The lowest BCUT2D eigenvalue weighted by Crippen LogP contribution is -2.26. The average molecular weight is 254 g/mol. The summed E-state index contributed by atoms with van der Waals surface area (Å²) in [7, 11) is -1.89. The Labute approximate surface area is 102 Å². The maximum absolute atomic E-state index is 11.6. The zero-order valence-electron chi connectivity index (χ0n) is 9.94. The van der Waals surface area contributed by atoms with Gasteiger partial charge in [0.2, 0.25) is 10.0 Å². The third-order valence-electron chi connectivity index (χ3n) is 3.17. The molecule has 0 radical (unpaired) electrons. The molecule has 0 aromatic heterocycles. The highest BCUT2D eigenvalue weighted by Gasteiger charge is 2.16. The molecule has 0 aliphatic carbocycles. The molecular formula is C12H18N2O2S. The Morgan fingerprint density at radius 3 is 2.47 bits per heavy atom. The van der Waals surface area contributed by atoms with Gasteiger partial charge in [0, 0.05) is 6.04 Å². The van der Waals surface area contributed by atoms with Gasteiger partial charge in [-0.2, -0.15) is 0 Å². The second-order valence-corrected chi connectivity index (χ2v) is 6.17. The van der Waals surface area contributed by atoms with E-state index in [1.54, 1.807) is 12.1 Å².